The van der Waals surface area contributed by atoms with Crippen LogP contribution < -0.4 is 0 Å². The van der Waals surface area contributed by atoms with Gasteiger partial charge in [-0.25, -0.2) is 8.78 Å². The number of carbonyl (C=O) groups excluding carboxylic acids is 2. The van der Waals surface area contributed by atoms with Crippen molar-refractivity contribution in [1.82, 2.24) is 0 Å². The average molecular weight is 409 g/mol. The van der Waals surface area contributed by atoms with Crippen molar-refractivity contribution in [3.05, 3.63) is 32.8 Å². The number of Topliss-reactive ketones (excluding diaryl/α,β-unsaturated/α-hetero) is 1. The van der Waals surface area contributed by atoms with Gasteiger partial charge < -0.3 is 4.74 Å². The number of esters is 1. The van der Waals surface area contributed by atoms with Crippen LogP contribution in [0.4, 0.5) is 8.78 Å². The van der Waals surface area contributed by atoms with E-state index in [2.05, 4.69) is 20.9 Å². The van der Waals surface area contributed by atoms with E-state index in [1.165, 1.54) is 6.21 Å². The molecule has 23 heavy (non-hydrogen) atoms. The lowest BCUT2D eigenvalue weighted by atomic mass is 9.98. The number of hydrogen-bond donors (Lipinski definition) is 0. The Bertz CT molecular complexity index is 677. The van der Waals surface area contributed by atoms with Crippen molar-refractivity contribution in [2.75, 3.05) is 6.61 Å². The average Bonchev–Trinajstić information content (AvgIpc) is 3.33. The first kappa shape index (κ1) is 18.0. The van der Waals surface area contributed by atoms with Gasteiger partial charge >= 0.3 is 5.97 Å². The van der Waals surface area contributed by atoms with Crippen LogP contribution in [-0.4, -0.2) is 30.6 Å². The number of ketones is 1. The van der Waals surface area contributed by atoms with Gasteiger partial charge in [0.2, 0.25) is 0 Å². The summed E-state index contributed by atoms with van der Waals surface area (Å²) in [5.74, 6) is -5.39. The molecule has 124 valence electrons. The third kappa shape index (κ3) is 4.14. The largest absolute Gasteiger partial charge is 0.465 e. The highest BCUT2D eigenvalue weighted by atomic mass is 79.9. The topological polar surface area (TPSA) is 55.7 Å². The van der Waals surface area contributed by atoms with Gasteiger partial charge in [0, 0.05) is 17.8 Å². The highest BCUT2D eigenvalue weighted by Gasteiger charge is 2.32. The van der Waals surface area contributed by atoms with Crippen LogP contribution in [0.3, 0.4) is 0 Å². The molecule has 0 spiro atoms. The first-order valence-electron chi connectivity index (χ1n) is 6.94. The van der Waals surface area contributed by atoms with E-state index in [1.807, 2.05) is 0 Å². The molecule has 1 aromatic rings. The quantitative estimate of drug-likeness (QED) is 0.179. The van der Waals surface area contributed by atoms with E-state index in [-0.39, 0.29) is 27.7 Å². The molecule has 1 aromatic carbocycles. The SMILES string of the molecule is CCOC(=O)C(C=NC1CC1)C(=O)c1cc(F)c(F)c(Br)c1Cl. The first-order chi connectivity index (χ1) is 10.9. The number of halogens is 4. The van der Waals surface area contributed by atoms with Crippen molar-refractivity contribution in [3.8, 4) is 0 Å². The second kappa shape index (κ2) is 7.49. The van der Waals surface area contributed by atoms with Gasteiger partial charge in [0.15, 0.2) is 23.3 Å². The fourth-order valence-corrected chi connectivity index (χ4v) is 2.45. The Hall–Kier alpha value is -1.34. The van der Waals surface area contributed by atoms with E-state index in [9.17, 15) is 18.4 Å². The molecule has 1 fully saturated rings. The fraction of sp³-hybridized carbons (Fsp3) is 0.400. The van der Waals surface area contributed by atoms with Crippen LogP contribution in [0.2, 0.25) is 5.02 Å². The molecule has 4 nitrogen and oxygen atoms in total. The van der Waals surface area contributed by atoms with Crippen molar-refractivity contribution in [2.45, 2.75) is 25.8 Å². The summed E-state index contributed by atoms with van der Waals surface area (Å²) in [6.07, 6.45) is 2.97. The lowest BCUT2D eigenvalue weighted by Crippen LogP contribution is -2.28. The van der Waals surface area contributed by atoms with E-state index in [4.69, 9.17) is 16.3 Å². The Morgan fingerprint density at radius 3 is 2.74 bits per heavy atom. The zero-order chi connectivity index (χ0) is 17.1. The third-order valence-electron chi connectivity index (χ3n) is 3.18. The van der Waals surface area contributed by atoms with E-state index in [0.29, 0.717) is 6.07 Å². The summed E-state index contributed by atoms with van der Waals surface area (Å²) in [7, 11) is 0. The minimum atomic E-state index is -1.34. The van der Waals surface area contributed by atoms with Crippen molar-refractivity contribution < 1.29 is 23.1 Å². The van der Waals surface area contributed by atoms with Crippen LogP contribution in [0.5, 0.6) is 0 Å². The molecule has 0 aromatic heterocycles. The van der Waals surface area contributed by atoms with Crippen LogP contribution in [0, 0.1) is 17.6 Å². The molecular weight excluding hydrogens is 396 g/mol. The van der Waals surface area contributed by atoms with Crippen molar-refractivity contribution in [2.24, 2.45) is 10.9 Å². The molecule has 0 aliphatic heterocycles. The summed E-state index contributed by atoms with van der Waals surface area (Å²) in [4.78, 5) is 28.6. The standard InChI is InChI=1S/C15H13BrClF2NO3/c1-2-23-15(22)9(6-20-7-3-4-7)14(21)8-5-10(18)13(19)11(16)12(8)17/h5-7,9H,2-4H2,1H3. The molecule has 1 aliphatic carbocycles. The van der Waals surface area contributed by atoms with Gasteiger partial charge in [0.05, 0.1) is 16.1 Å². The summed E-state index contributed by atoms with van der Waals surface area (Å²) in [6.45, 7) is 1.67. The number of rotatable bonds is 6. The van der Waals surface area contributed by atoms with Gasteiger partial charge in [-0.05, 0) is 41.8 Å². The van der Waals surface area contributed by atoms with E-state index in [0.717, 1.165) is 12.8 Å². The molecule has 1 saturated carbocycles. The van der Waals surface area contributed by atoms with Gasteiger partial charge in [-0.1, -0.05) is 11.6 Å². The summed E-state index contributed by atoms with van der Waals surface area (Å²) in [5.41, 5.74) is -0.308. The molecule has 1 aliphatic rings. The van der Waals surface area contributed by atoms with Crippen LogP contribution >= 0.6 is 27.5 Å². The number of aliphatic imine (C=N–C) groups is 1. The van der Waals surface area contributed by atoms with E-state index < -0.39 is 29.3 Å². The lowest BCUT2D eigenvalue weighted by Gasteiger charge is -2.13. The first-order valence-corrected chi connectivity index (χ1v) is 8.11. The molecular formula is C15H13BrClF2NO3. The monoisotopic (exact) mass is 407 g/mol. The smallest absolute Gasteiger partial charge is 0.322 e. The maximum atomic E-state index is 13.6. The lowest BCUT2D eigenvalue weighted by molar-refractivity contribution is -0.143. The van der Waals surface area contributed by atoms with Crippen LogP contribution in [-0.2, 0) is 9.53 Å². The molecule has 2 rings (SSSR count). The van der Waals surface area contributed by atoms with Crippen molar-refractivity contribution in [1.29, 1.82) is 0 Å². The van der Waals surface area contributed by atoms with Crippen molar-refractivity contribution in [3.63, 3.8) is 0 Å². The van der Waals surface area contributed by atoms with Gasteiger partial charge in [-0.15, -0.1) is 0 Å². The van der Waals surface area contributed by atoms with Gasteiger partial charge in [0.25, 0.3) is 0 Å². The number of nitrogens with zero attached hydrogens (tertiary/aromatic N) is 1. The molecule has 8 heteroatoms. The highest BCUT2D eigenvalue weighted by Crippen LogP contribution is 2.32. The fourth-order valence-electron chi connectivity index (χ4n) is 1.82. The zero-order valence-corrected chi connectivity index (χ0v) is 14.5. The Morgan fingerprint density at radius 2 is 2.17 bits per heavy atom. The van der Waals surface area contributed by atoms with Crippen LogP contribution in [0.15, 0.2) is 15.5 Å². The molecule has 1 atom stereocenters. The van der Waals surface area contributed by atoms with Crippen LogP contribution in [0.1, 0.15) is 30.1 Å². The molecule has 1 unspecified atom stereocenters. The second-order valence-corrected chi connectivity index (χ2v) is 6.14. The maximum absolute atomic E-state index is 13.6. The van der Waals surface area contributed by atoms with Gasteiger partial charge in [0.1, 0.15) is 0 Å². The van der Waals surface area contributed by atoms with E-state index >= 15 is 0 Å². The maximum Gasteiger partial charge on any atom is 0.322 e. The Balaban J connectivity index is 2.38. The predicted molar refractivity (Wildman–Crippen MR) is 85.0 cm³/mol. The summed E-state index contributed by atoms with van der Waals surface area (Å²) in [5, 5.41) is -0.303. The Kier molecular flexibility index (Phi) is 5.86. The Labute approximate surface area is 145 Å². The Morgan fingerprint density at radius 1 is 1.52 bits per heavy atom. The molecule has 0 radical (unpaired) electrons. The highest BCUT2D eigenvalue weighted by molar-refractivity contribution is 9.10. The summed E-state index contributed by atoms with van der Waals surface area (Å²) < 4.78 is 31.5. The minimum absolute atomic E-state index is 0.0785. The number of carbonyl (C=O) groups is 2. The normalized spacial score (nSPS) is 15.7. The minimum Gasteiger partial charge on any atom is -0.465 e. The predicted octanol–water partition coefficient (Wildman–Crippen LogP) is 3.98. The van der Waals surface area contributed by atoms with Crippen molar-refractivity contribution >= 4 is 45.5 Å². The number of hydrogen-bond acceptors (Lipinski definition) is 4. The summed E-state index contributed by atoms with van der Waals surface area (Å²) in [6, 6.07) is 0.758. The third-order valence-corrected chi connectivity index (χ3v) is 4.55. The molecule has 0 N–H and O–H groups in total. The molecule has 0 bridgehead atoms. The molecule has 0 saturated heterocycles. The molecule has 0 heterocycles. The molecule has 0 amide bonds. The van der Waals surface area contributed by atoms with Crippen LogP contribution in [0.25, 0.3) is 0 Å². The second-order valence-electron chi connectivity index (χ2n) is 4.97. The number of ether oxygens (including phenoxy) is 1. The summed E-state index contributed by atoms with van der Waals surface area (Å²) >= 11 is 8.68. The van der Waals surface area contributed by atoms with E-state index in [1.54, 1.807) is 6.92 Å². The number of benzene rings is 1. The van der Waals surface area contributed by atoms with Gasteiger partial charge in [-0.2, -0.15) is 0 Å². The zero-order valence-electron chi connectivity index (χ0n) is 12.1. The van der Waals surface area contributed by atoms with Gasteiger partial charge in [-0.3, -0.25) is 14.6 Å².